The molecule has 2 aromatic rings. The van der Waals surface area contributed by atoms with Gasteiger partial charge in [0.15, 0.2) is 0 Å². The third kappa shape index (κ3) is 1.88. The van der Waals surface area contributed by atoms with Gasteiger partial charge in [0.2, 0.25) is 5.95 Å². The third-order valence-electron chi connectivity index (χ3n) is 1.70. The van der Waals surface area contributed by atoms with Crippen LogP contribution in [0.2, 0.25) is 0 Å². The molecule has 0 amide bonds. The van der Waals surface area contributed by atoms with Crippen molar-refractivity contribution in [2.75, 3.05) is 5.73 Å². The maximum absolute atomic E-state index is 5.47. The molecule has 4 nitrogen and oxygen atoms in total. The van der Waals surface area contributed by atoms with Gasteiger partial charge in [-0.15, -0.1) is 0 Å². The molecule has 0 aliphatic rings. The Morgan fingerprint density at radius 2 is 2.00 bits per heavy atom. The van der Waals surface area contributed by atoms with E-state index in [0.29, 0.717) is 0 Å². The van der Waals surface area contributed by atoms with E-state index < -0.39 is 0 Å². The summed E-state index contributed by atoms with van der Waals surface area (Å²) in [4.78, 5) is 12.0. The van der Waals surface area contributed by atoms with Crippen molar-refractivity contribution in [1.82, 2.24) is 15.0 Å². The molecule has 14 heavy (non-hydrogen) atoms. The molecule has 0 spiro atoms. The second-order valence-corrected chi connectivity index (χ2v) is 3.48. The Bertz CT molecular complexity index is 441. The summed E-state index contributed by atoms with van der Waals surface area (Å²) in [6.45, 7) is 0. The number of hydrogen-bond acceptors (Lipinski definition) is 4. The van der Waals surface area contributed by atoms with Crippen LogP contribution in [0, 0.1) is 0 Å². The van der Waals surface area contributed by atoms with E-state index in [1.165, 1.54) is 0 Å². The highest BCUT2D eigenvalue weighted by molar-refractivity contribution is 9.10. The van der Waals surface area contributed by atoms with Crippen molar-refractivity contribution in [3.8, 4) is 11.3 Å². The summed E-state index contributed by atoms with van der Waals surface area (Å²) in [5, 5.41) is 0. The smallest absolute Gasteiger partial charge is 0.220 e. The van der Waals surface area contributed by atoms with Gasteiger partial charge < -0.3 is 5.73 Å². The van der Waals surface area contributed by atoms with E-state index in [9.17, 15) is 0 Å². The Kier molecular flexibility index (Phi) is 2.41. The molecule has 5 heteroatoms. The van der Waals surface area contributed by atoms with Crippen molar-refractivity contribution >= 4 is 21.9 Å². The van der Waals surface area contributed by atoms with Crippen molar-refractivity contribution in [2.45, 2.75) is 0 Å². The number of pyridine rings is 1. The van der Waals surface area contributed by atoms with Gasteiger partial charge in [-0.1, -0.05) is 0 Å². The van der Waals surface area contributed by atoms with Gasteiger partial charge >= 0.3 is 0 Å². The van der Waals surface area contributed by atoms with Crippen molar-refractivity contribution in [3.63, 3.8) is 0 Å². The minimum atomic E-state index is 0.269. The summed E-state index contributed by atoms with van der Waals surface area (Å²) in [5.41, 5.74) is 7.17. The highest BCUT2D eigenvalue weighted by Crippen LogP contribution is 2.17. The molecule has 2 N–H and O–H groups in total. The summed E-state index contributed by atoms with van der Waals surface area (Å²) < 4.78 is 0.795. The molecule has 0 atom stereocenters. The molecule has 0 radical (unpaired) electrons. The lowest BCUT2D eigenvalue weighted by Gasteiger charge is -2.00. The fourth-order valence-electron chi connectivity index (χ4n) is 1.06. The zero-order valence-corrected chi connectivity index (χ0v) is 8.77. The minimum Gasteiger partial charge on any atom is -0.368 e. The van der Waals surface area contributed by atoms with E-state index in [2.05, 4.69) is 30.9 Å². The molecule has 2 heterocycles. The van der Waals surface area contributed by atoms with Crippen LogP contribution in [0.25, 0.3) is 11.3 Å². The first-order chi connectivity index (χ1) is 6.75. The van der Waals surface area contributed by atoms with E-state index in [4.69, 9.17) is 5.73 Å². The minimum absolute atomic E-state index is 0.269. The Labute approximate surface area is 89.4 Å². The number of aromatic nitrogens is 3. The first kappa shape index (κ1) is 9.08. The summed E-state index contributed by atoms with van der Waals surface area (Å²) in [6.07, 6.45) is 3.35. The molecule has 0 aliphatic carbocycles. The number of nitrogens with zero attached hydrogens (tertiary/aromatic N) is 3. The standard InChI is InChI=1S/C9H7BrN4/c10-8-2-1-6(5-13-8)7-3-4-12-9(11)14-7/h1-5H,(H2,11,12,14). The maximum Gasteiger partial charge on any atom is 0.220 e. The maximum atomic E-state index is 5.47. The van der Waals surface area contributed by atoms with Gasteiger partial charge in [0, 0.05) is 18.0 Å². The monoisotopic (exact) mass is 250 g/mol. The van der Waals surface area contributed by atoms with Gasteiger partial charge in [0.05, 0.1) is 5.69 Å². The summed E-state index contributed by atoms with van der Waals surface area (Å²) in [5.74, 6) is 0.269. The second-order valence-electron chi connectivity index (χ2n) is 2.67. The number of halogens is 1. The molecule has 70 valence electrons. The zero-order valence-electron chi connectivity index (χ0n) is 7.18. The Hall–Kier alpha value is -1.49. The van der Waals surface area contributed by atoms with Crippen LogP contribution in [-0.2, 0) is 0 Å². The van der Waals surface area contributed by atoms with E-state index in [0.717, 1.165) is 15.9 Å². The molecular formula is C9H7BrN4. The van der Waals surface area contributed by atoms with Crippen LogP contribution in [0.1, 0.15) is 0 Å². The Morgan fingerprint density at radius 3 is 2.64 bits per heavy atom. The molecular weight excluding hydrogens is 244 g/mol. The lowest BCUT2D eigenvalue weighted by atomic mass is 10.2. The van der Waals surface area contributed by atoms with E-state index in [-0.39, 0.29) is 5.95 Å². The van der Waals surface area contributed by atoms with Gasteiger partial charge in [-0.2, -0.15) is 0 Å². The quantitative estimate of drug-likeness (QED) is 0.786. The molecule has 2 aromatic heterocycles. The fraction of sp³-hybridized carbons (Fsp3) is 0. The van der Waals surface area contributed by atoms with Crippen LogP contribution < -0.4 is 5.73 Å². The van der Waals surface area contributed by atoms with Crippen LogP contribution in [0.5, 0.6) is 0 Å². The molecule has 0 unspecified atom stereocenters. The summed E-state index contributed by atoms with van der Waals surface area (Å²) in [7, 11) is 0. The first-order valence-corrected chi connectivity index (χ1v) is 4.75. The van der Waals surface area contributed by atoms with Crippen molar-refractivity contribution in [3.05, 3.63) is 35.2 Å². The molecule has 0 saturated carbocycles. The lowest BCUT2D eigenvalue weighted by Crippen LogP contribution is -1.95. The van der Waals surface area contributed by atoms with E-state index >= 15 is 0 Å². The highest BCUT2D eigenvalue weighted by Gasteiger charge is 2.00. The van der Waals surface area contributed by atoms with Crippen LogP contribution in [0.15, 0.2) is 35.2 Å². The number of nitrogens with two attached hydrogens (primary N) is 1. The number of nitrogen functional groups attached to an aromatic ring is 1. The zero-order chi connectivity index (χ0) is 9.97. The van der Waals surface area contributed by atoms with Gasteiger partial charge in [0.25, 0.3) is 0 Å². The van der Waals surface area contributed by atoms with Crippen molar-refractivity contribution in [1.29, 1.82) is 0 Å². The van der Waals surface area contributed by atoms with Crippen LogP contribution in [-0.4, -0.2) is 15.0 Å². The predicted molar refractivity (Wildman–Crippen MR) is 57.4 cm³/mol. The molecule has 0 fully saturated rings. The predicted octanol–water partition coefficient (Wildman–Crippen LogP) is 1.88. The van der Waals surface area contributed by atoms with E-state index in [1.807, 2.05) is 12.1 Å². The molecule has 2 rings (SSSR count). The fourth-order valence-corrected chi connectivity index (χ4v) is 1.30. The van der Waals surface area contributed by atoms with Crippen molar-refractivity contribution in [2.24, 2.45) is 0 Å². The van der Waals surface area contributed by atoms with Gasteiger partial charge in [-0.3, -0.25) is 0 Å². The largest absolute Gasteiger partial charge is 0.368 e. The number of rotatable bonds is 1. The Balaban J connectivity index is 2.44. The average molecular weight is 251 g/mol. The van der Waals surface area contributed by atoms with Gasteiger partial charge in [-0.25, -0.2) is 15.0 Å². The summed E-state index contributed by atoms with van der Waals surface area (Å²) >= 11 is 3.26. The first-order valence-electron chi connectivity index (χ1n) is 3.96. The van der Waals surface area contributed by atoms with Crippen LogP contribution >= 0.6 is 15.9 Å². The van der Waals surface area contributed by atoms with Crippen LogP contribution in [0.4, 0.5) is 5.95 Å². The van der Waals surface area contributed by atoms with Gasteiger partial charge in [0.1, 0.15) is 4.60 Å². The third-order valence-corrected chi connectivity index (χ3v) is 2.17. The lowest BCUT2D eigenvalue weighted by molar-refractivity contribution is 1.18. The molecule has 0 aliphatic heterocycles. The molecule has 0 aromatic carbocycles. The highest BCUT2D eigenvalue weighted by atomic mass is 79.9. The normalized spacial score (nSPS) is 10.1. The number of anilines is 1. The topological polar surface area (TPSA) is 64.7 Å². The van der Waals surface area contributed by atoms with Crippen LogP contribution in [0.3, 0.4) is 0 Å². The summed E-state index contributed by atoms with van der Waals surface area (Å²) in [6, 6.07) is 5.56. The molecule has 0 saturated heterocycles. The number of hydrogen-bond donors (Lipinski definition) is 1. The molecule has 0 bridgehead atoms. The SMILES string of the molecule is Nc1nccc(-c2ccc(Br)nc2)n1. The van der Waals surface area contributed by atoms with E-state index in [1.54, 1.807) is 18.5 Å². The van der Waals surface area contributed by atoms with Crippen molar-refractivity contribution < 1.29 is 0 Å². The Morgan fingerprint density at radius 1 is 1.14 bits per heavy atom. The second kappa shape index (κ2) is 3.71. The average Bonchev–Trinajstić information content (AvgIpc) is 2.19. The van der Waals surface area contributed by atoms with Gasteiger partial charge in [-0.05, 0) is 34.1 Å².